The van der Waals surface area contributed by atoms with Crippen molar-refractivity contribution in [3.05, 3.63) is 153 Å². The molecule has 0 aromatic heterocycles. The zero-order chi connectivity index (χ0) is 30.5. The number of benzene rings is 4. The molecule has 0 N–H and O–H groups in total. The molecule has 42 heavy (non-hydrogen) atoms. The number of allylic oxidation sites excluding steroid dienone is 4. The van der Waals surface area contributed by atoms with Crippen molar-refractivity contribution in [2.75, 3.05) is 0 Å². The van der Waals surface area contributed by atoms with Crippen LogP contribution in [0.2, 0.25) is 10.0 Å². The third kappa shape index (κ3) is 8.63. The van der Waals surface area contributed by atoms with Crippen LogP contribution in [0, 0.1) is 12.1 Å². The van der Waals surface area contributed by atoms with Gasteiger partial charge in [-0.25, -0.2) is 12.2 Å². The molecule has 4 aromatic rings. The molecule has 6 rings (SSSR count). The zero-order valence-corrected chi connectivity index (χ0v) is 29.4. The molecule has 0 amide bonds. The van der Waals surface area contributed by atoms with Gasteiger partial charge in [0.05, 0.1) is 0 Å². The van der Waals surface area contributed by atoms with Crippen LogP contribution in [-0.4, -0.2) is 3.21 Å². The van der Waals surface area contributed by atoms with Crippen LogP contribution in [0.3, 0.4) is 0 Å². The Hall–Kier alpha value is -2.31. The fraction of sp³-hybridized carbons (Fsp3) is 0.256. The number of hydrogen-bond donors (Lipinski definition) is 0. The summed E-state index contributed by atoms with van der Waals surface area (Å²) in [7, 11) is 0. The monoisotopic (exact) mass is 666 g/mol. The molecular weight excluding hydrogens is 631 g/mol. The van der Waals surface area contributed by atoms with Crippen LogP contribution >= 0.6 is 23.2 Å². The fourth-order valence-electron chi connectivity index (χ4n) is 4.77. The van der Waals surface area contributed by atoms with E-state index in [2.05, 4.69) is 90.1 Å². The second-order valence-corrected chi connectivity index (χ2v) is 14.8. The maximum absolute atomic E-state index is 5.86. The maximum Gasteiger partial charge on any atom is -0.109 e. The second kappa shape index (κ2) is 14.0. The van der Waals surface area contributed by atoms with Crippen molar-refractivity contribution in [2.24, 2.45) is 0 Å². The van der Waals surface area contributed by atoms with Crippen molar-refractivity contribution < 1.29 is 24.2 Å². The van der Waals surface area contributed by atoms with Gasteiger partial charge in [0.1, 0.15) is 0 Å². The molecule has 0 atom stereocenters. The van der Waals surface area contributed by atoms with E-state index < -0.39 is 0 Å². The van der Waals surface area contributed by atoms with Gasteiger partial charge in [-0.15, -0.1) is 17.5 Å². The molecular formula is C39H38Cl2Zr. The summed E-state index contributed by atoms with van der Waals surface area (Å²) in [6.45, 7) is 13.6. The van der Waals surface area contributed by atoms with Gasteiger partial charge < -0.3 is 0 Å². The van der Waals surface area contributed by atoms with E-state index in [9.17, 15) is 0 Å². The minimum Gasteiger partial charge on any atom is -0.273 e. The molecule has 0 saturated carbocycles. The third-order valence-electron chi connectivity index (χ3n) is 7.32. The Morgan fingerprint density at radius 3 is 1.74 bits per heavy atom. The van der Waals surface area contributed by atoms with Gasteiger partial charge in [-0.05, 0) is 28.4 Å². The SMILES string of the molecule is CC(C)(C)c1[c-]c2c(cc1)-c1ccc(C(C)(C)C)cc1C2.Clc1ccc([C](=[Zr+2])c2ccc(Cl)cc2)cc1.[C-]1=CC=CC1. The standard InChI is InChI=1S/C21H25.C13H8Cl2.C5H5.Zr/c1-20(2,3)16-7-9-18-14(12-16)11-15-13-17(21(4,5)6)8-10-19(15)18;14-12-5-1-10(2-6-12)9-11-3-7-13(15)8-4-11;1-2-4-5-3-1;/h7-10,12H,11H2,1-6H3;1-8H;1-3H,4H2;/q-1;;-1;+2. The van der Waals surface area contributed by atoms with E-state index in [0.29, 0.717) is 0 Å². The van der Waals surface area contributed by atoms with Gasteiger partial charge in [0.15, 0.2) is 0 Å². The van der Waals surface area contributed by atoms with Crippen LogP contribution in [0.5, 0.6) is 0 Å². The summed E-state index contributed by atoms with van der Waals surface area (Å²) in [5, 5.41) is 1.53. The van der Waals surface area contributed by atoms with Crippen LogP contribution < -0.4 is 0 Å². The molecule has 4 aromatic carbocycles. The largest absolute Gasteiger partial charge is 0.273 e. The molecule has 0 heterocycles. The van der Waals surface area contributed by atoms with Gasteiger partial charge in [-0.3, -0.25) is 6.08 Å². The summed E-state index contributed by atoms with van der Waals surface area (Å²) in [5.74, 6) is 0. The van der Waals surface area contributed by atoms with Crippen LogP contribution in [0.4, 0.5) is 0 Å². The average molecular weight is 669 g/mol. The first kappa shape index (κ1) is 32.6. The predicted octanol–water partition coefficient (Wildman–Crippen LogP) is 11.1. The summed E-state index contributed by atoms with van der Waals surface area (Å²) < 4.78 is 1.31. The van der Waals surface area contributed by atoms with Gasteiger partial charge in [0, 0.05) is 0 Å². The second-order valence-electron chi connectivity index (χ2n) is 12.7. The van der Waals surface area contributed by atoms with Crippen LogP contribution in [0.1, 0.15) is 81.3 Å². The van der Waals surface area contributed by atoms with E-state index in [-0.39, 0.29) is 10.8 Å². The first-order chi connectivity index (χ1) is 19.8. The van der Waals surface area contributed by atoms with Gasteiger partial charge in [0.2, 0.25) is 0 Å². The summed E-state index contributed by atoms with van der Waals surface area (Å²) in [6, 6.07) is 31.0. The van der Waals surface area contributed by atoms with Crippen LogP contribution in [0.15, 0.2) is 97.1 Å². The van der Waals surface area contributed by atoms with Crippen molar-refractivity contribution in [1.29, 1.82) is 0 Å². The Balaban J connectivity index is 0.000000170. The zero-order valence-electron chi connectivity index (χ0n) is 25.4. The minimum atomic E-state index is 0.167. The Morgan fingerprint density at radius 2 is 1.29 bits per heavy atom. The fourth-order valence-corrected chi connectivity index (χ4v) is 5.84. The molecule has 2 aliphatic rings. The Labute approximate surface area is 277 Å². The summed E-state index contributed by atoms with van der Waals surface area (Å²) in [5.41, 5.74) is 11.1. The van der Waals surface area contributed by atoms with Gasteiger partial charge >= 0.3 is 120 Å². The molecule has 0 spiro atoms. The van der Waals surface area contributed by atoms with E-state index in [1.54, 1.807) is 0 Å². The smallest absolute Gasteiger partial charge is 0.109 e. The Kier molecular flexibility index (Phi) is 10.9. The minimum absolute atomic E-state index is 0.167. The van der Waals surface area contributed by atoms with Crippen molar-refractivity contribution in [1.82, 2.24) is 0 Å². The van der Waals surface area contributed by atoms with Crippen LogP contribution in [0.25, 0.3) is 11.1 Å². The van der Waals surface area contributed by atoms with Crippen molar-refractivity contribution in [2.45, 2.75) is 65.2 Å². The molecule has 0 aliphatic heterocycles. The number of hydrogen-bond acceptors (Lipinski definition) is 0. The van der Waals surface area contributed by atoms with E-state index in [4.69, 9.17) is 23.2 Å². The summed E-state index contributed by atoms with van der Waals surface area (Å²) >= 11 is 13.1. The Bertz CT molecular complexity index is 1470. The molecule has 0 radical (unpaired) electrons. The molecule has 3 heteroatoms. The summed E-state index contributed by atoms with van der Waals surface area (Å²) in [4.78, 5) is 0. The van der Waals surface area contributed by atoms with Gasteiger partial charge in [-0.2, -0.15) is 29.8 Å². The van der Waals surface area contributed by atoms with Crippen molar-refractivity contribution >= 4 is 26.4 Å². The van der Waals surface area contributed by atoms with Gasteiger partial charge in [0.25, 0.3) is 0 Å². The van der Waals surface area contributed by atoms with Crippen LogP contribution in [-0.2, 0) is 41.5 Å². The van der Waals surface area contributed by atoms with Crippen molar-refractivity contribution in [3.63, 3.8) is 0 Å². The third-order valence-corrected chi connectivity index (χ3v) is 9.24. The molecule has 212 valence electrons. The molecule has 2 aliphatic carbocycles. The quantitative estimate of drug-likeness (QED) is 0.164. The molecule has 0 nitrogen and oxygen atoms in total. The predicted molar refractivity (Wildman–Crippen MR) is 179 cm³/mol. The van der Waals surface area contributed by atoms with E-state index in [1.807, 2.05) is 60.7 Å². The topological polar surface area (TPSA) is 0 Å². The van der Waals surface area contributed by atoms with E-state index in [0.717, 1.165) is 22.9 Å². The average Bonchev–Trinajstić information content (AvgIpc) is 3.64. The molecule has 0 unspecified atom stereocenters. The molecule has 0 fully saturated rings. The number of rotatable bonds is 2. The van der Waals surface area contributed by atoms with E-state index >= 15 is 0 Å². The normalized spacial score (nSPS) is 13.0. The van der Waals surface area contributed by atoms with Crippen molar-refractivity contribution in [3.8, 4) is 11.1 Å². The first-order valence-corrected chi connectivity index (χ1v) is 16.3. The maximum atomic E-state index is 5.86. The number of halogens is 2. The first-order valence-electron chi connectivity index (χ1n) is 14.3. The van der Waals surface area contributed by atoms with Gasteiger partial charge in [-0.1, -0.05) is 65.3 Å². The number of fused-ring (bicyclic) bond motifs is 3. The summed E-state index contributed by atoms with van der Waals surface area (Å²) in [6.07, 6.45) is 11.0. The molecule has 0 bridgehead atoms. The van der Waals surface area contributed by atoms with E-state index in [1.165, 1.54) is 71.9 Å². The Morgan fingerprint density at radius 1 is 0.714 bits per heavy atom. The molecule has 0 saturated heterocycles.